The number of rotatable bonds is 5. The van der Waals surface area contributed by atoms with Crippen molar-refractivity contribution in [1.82, 2.24) is 0 Å². The molecule has 1 aromatic heterocycles. The molecule has 0 bridgehead atoms. The van der Waals surface area contributed by atoms with Gasteiger partial charge in [0.25, 0.3) is 5.91 Å². The van der Waals surface area contributed by atoms with Crippen LogP contribution in [-0.4, -0.2) is 24.9 Å². The predicted octanol–water partition coefficient (Wildman–Crippen LogP) is 3.46. The molecule has 0 saturated heterocycles. The van der Waals surface area contributed by atoms with Gasteiger partial charge in [0.15, 0.2) is 0 Å². The minimum absolute atomic E-state index is 0.194. The molecule has 6 heteroatoms. The molecular formula is C19H19N3O2S. The van der Waals surface area contributed by atoms with Gasteiger partial charge in [-0.25, -0.2) is 0 Å². The van der Waals surface area contributed by atoms with Gasteiger partial charge < -0.3 is 16.0 Å². The summed E-state index contributed by atoms with van der Waals surface area (Å²) in [6.45, 7) is 1.82. The summed E-state index contributed by atoms with van der Waals surface area (Å²) in [5, 5.41) is 7.28. The molecule has 0 spiro atoms. The monoisotopic (exact) mass is 353 g/mol. The van der Waals surface area contributed by atoms with Crippen molar-refractivity contribution >= 4 is 44.6 Å². The Morgan fingerprint density at radius 2 is 1.84 bits per heavy atom. The van der Waals surface area contributed by atoms with Crippen LogP contribution in [-0.2, 0) is 4.79 Å². The van der Waals surface area contributed by atoms with Crippen LogP contribution in [0, 0.1) is 0 Å². The first-order valence-electron chi connectivity index (χ1n) is 7.87. The molecule has 0 aliphatic carbocycles. The first kappa shape index (κ1) is 17.0. The number of thiophene rings is 1. The summed E-state index contributed by atoms with van der Waals surface area (Å²) >= 11 is 1.28. The van der Waals surface area contributed by atoms with E-state index in [9.17, 15) is 9.59 Å². The molecule has 1 unspecified atom stereocenters. The van der Waals surface area contributed by atoms with Crippen LogP contribution in [0.4, 0.5) is 10.7 Å². The summed E-state index contributed by atoms with van der Waals surface area (Å²) in [6, 6.07) is 15.4. The molecule has 3 N–H and O–H groups in total. The molecule has 128 valence electrons. The van der Waals surface area contributed by atoms with E-state index >= 15 is 0 Å². The van der Waals surface area contributed by atoms with Gasteiger partial charge in [-0.05, 0) is 41.3 Å². The van der Waals surface area contributed by atoms with Crippen molar-refractivity contribution in [2.24, 2.45) is 5.73 Å². The number of nitrogens with zero attached hydrogens (tertiary/aromatic N) is 1. The van der Waals surface area contributed by atoms with E-state index in [1.54, 1.807) is 11.4 Å². The van der Waals surface area contributed by atoms with Crippen LogP contribution in [0.1, 0.15) is 17.3 Å². The normalized spacial score (nSPS) is 11.9. The van der Waals surface area contributed by atoms with Gasteiger partial charge in [-0.2, -0.15) is 0 Å². The van der Waals surface area contributed by atoms with E-state index in [1.165, 1.54) is 11.3 Å². The molecule has 5 nitrogen and oxygen atoms in total. The molecular weight excluding hydrogens is 334 g/mol. The van der Waals surface area contributed by atoms with Crippen LogP contribution in [0.25, 0.3) is 10.8 Å². The number of carbonyl (C=O) groups excluding carboxylic acids is 2. The number of fused-ring (bicyclic) bond motifs is 1. The average Bonchev–Trinajstić information content (AvgIpc) is 3.08. The Bertz CT molecular complexity index is 935. The minimum Gasteiger partial charge on any atom is -0.366 e. The van der Waals surface area contributed by atoms with Crippen molar-refractivity contribution in [2.45, 2.75) is 13.0 Å². The van der Waals surface area contributed by atoms with Crippen molar-refractivity contribution < 1.29 is 9.59 Å². The van der Waals surface area contributed by atoms with E-state index < -0.39 is 11.9 Å². The van der Waals surface area contributed by atoms with Gasteiger partial charge in [-0.15, -0.1) is 11.3 Å². The average molecular weight is 353 g/mol. The van der Waals surface area contributed by atoms with Crippen molar-refractivity contribution in [3.8, 4) is 0 Å². The van der Waals surface area contributed by atoms with Gasteiger partial charge in [-0.3, -0.25) is 9.59 Å². The molecule has 0 aliphatic heterocycles. The lowest BCUT2D eigenvalue weighted by Crippen LogP contribution is -2.39. The number of amides is 2. The number of primary amides is 1. The Morgan fingerprint density at radius 3 is 2.56 bits per heavy atom. The summed E-state index contributed by atoms with van der Waals surface area (Å²) in [5.41, 5.74) is 6.60. The standard InChI is InChI=1S/C19H19N3O2S/c1-12(18(24)21-19-16(17(20)23)9-10-25-19)22(2)15-8-7-13-5-3-4-6-14(13)11-15/h3-12H,1-2H3,(H2,20,23)(H,21,24). The SMILES string of the molecule is CC(C(=O)Nc1sccc1C(N)=O)N(C)c1ccc2ccccc2c1. The first-order chi connectivity index (χ1) is 12.0. The van der Waals surface area contributed by atoms with E-state index in [-0.39, 0.29) is 5.91 Å². The molecule has 2 aromatic carbocycles. The molecule has 0 radical (unpaired) electrons. The smallest absolute Gasteiger partial charge is 0.251 e. The third-order valence-electron chi connectivity index (χ3n) is 4.27. The van der Waals surface area contributed by atoms with Crippen molar-refractivity contribution in [1.29, 1.82) is 0 Å². The zero-order valence-corrected chi connectivity index (χ0v) is 14.8. The molecule has 3 rings (SSSR count). The molecule has 0 fully saturated rings. The van der Waals surface area contributed by atoms with Gasteiger partial charge >= 0.3 is 0 Å². The van der Waals surface area contributed by atoms with Crippen LogP contribution in [0.5, 0.6) is 0 Å². The zero-order chi connectivity index (χ0) is 18.0. The molecule has 2 amide bonds. The van der Waals surface area contributed by atoms with E-state index in [1.807, 2.05) is 49.2 Å². The van der Waals surface area contributed by atoms with Crippen molar-refractivity contribution in [3.63, 3.8) is 0 Å². The fourth-order valence-electron chi connectivity index (χ4n) is 2.61. The van der Waals surface area contributed by atoms with Crippen molar-refractivity contribution in [2.75, 3.05) is 17.3 Å². The van der Waals surface area contributed by atoms with Crippen LogP contribution in [0.2, 0.25) is 0 Å². The maximum atomic E-state index is 12.6. The summed E-state index contributed by atoms with van der Waals surface area (Å²) in [7, 11) is 1.87. The van der Waals surface area contributed by atoms with Gasteiger partial charge in [0, 0.05) is 12.7 Å². The van der Waals surface area contributed by atoms with Gasteiger partial charge in [-0.1, -0.05) is 30.3 Å². The van der Waals surface area contributed by atoms with E-state index in [0.717, 1.165) is 16.5 Å². The lowest BCUT2D eigenvalue weighted by Gasteiger charge is -2.26. The molecule has 0 aliphatic rings. The topological polar surface area (TPSA) is 75.4 Å². The molecule has 1 heterocycles. The lowest BCUT2D eigenvalue weighted by molar-refractivity contribution is -0.117. The number of anilines is 2. The Balaban J connectivity index is 1.78. The van der Waals surface area contributed by atoms with E-state index in [2.05, 4.69) is 17.4 Å². The number of hydrogen-bond donors (Lipinski definition) is 2. The Morgan fingerprint density at radius 1 is 1.12 bits per heavy atom. The summed E-state index contributed by atoms with van der Waals surface area (Å²) in [5.74, 6) is -0.743. The Labute approximate surface area is 150 Å². The number of likely N-dealkylation sites (N-methyl/N-ethyl adjacent to an activating group) is 1. The lowest BCUT2D eigenvalue weighted by atomic mass is 10.1. The Hall–Kier alpha value is -2.86. The summed E-state index contributed by atoms with van der Waals surface area (Å²) < 4.78 is 0. The fourth-order valence-corrected chi connectivity index (χ4v) is 3.41. The fraction of sp³-hybridized carbons (Fsp3) is 0.158. The second kappa shape index (κ2) is 6.94. The highest BCUT2D eigenvalue weighted by atomic mass is 32.1. The highest BCUT2D eigenvalue weighted by molar-refractivity contribution is 7.14. The van der Waals surface area contributed by atoms with Crippen LogP contribution < -0.4 is 16.0 Å². The van der Waals surface area contributed by atoms with Crippen LogP contribution >= 0.6 is 11.3 Å². The quantitative estimate of drug-likeness (QED) is 0.737. The van der Waals surface area contributed by atoms with Crippen LogP contribution in [0.15, 0.2) is 53.9 Å². The number of nitrogens with two attached hydrogens (primary N) is 1. The zero-order valence-electron chi connectivity index (χ0n) is 14.0. The third-order valence-corrected chi connectivity index (χ3v) is 5.10. The molecule has 0 saturated carbocycles. The largest absolute Gasteiger partial charge is 0.366 e. The summed E-state index contributed by atoms with van der Waals surface area (Å²) in [6.07, 6.45) is 0. The van der Waals surface area contributed by atoms with Gasteiger partial charge in [0.05, 0.1) is 5.56 Å². The summed E-state index contributed by atoms with van der Waals surface area (Å²) in [4.78, 5) is 25.8. The van der Waals surface area contributed by atoms with Crippen molar-refractivity contribution in [3.05, 3.63) is 59.5 Å². The number of nitrogens with one attached hydrogen (secondary N) is 1. The highest BCUT2D eigenvalue weighted by Crippen LogP contribution is 2.25. The van der Waals surface area contributed by atoms with Crippen LogP contribution in [0.3, 0.4) is 0 Å². The number of hydrogen-bond acceptors (Lipinski definition) is 4. The minimum atomic E-state index is -0.549. The number of benzene rings is 2. The van der Waals surface area contributed by atoms with E-state index in [0.29, 0.717) is 10.6 Å². The van der Waals surface area contributed by atoms with Gasteiger partial charge in [0.1, 0.15) is 11.0 Å². The molecule has 3 aromatic rings. The second-order valence-electron chi connectivity index (χ2n) is 5.84. The highest BCUT2D eigenvalue weighted by Gasteiger charge is 2.21. The molecule has 25 heavy (non-hydrogen) atoms. The Kier molecular flexibility index (Phi) is 4.72. The first-order valence-corrected chi connectivity index (χ1v) is 8.75. The maximum Gasteiger partial charge on any atom is 0.251 e. The second-order valence-corrected chi connectivity index (χ2v) is 6.75. The third kappa shape index (κ3) is 3.49. The maximum absolute atomic E-state index is 12.6. The predicted molar refractivity (Wildman–Crippen MR) is 103 cm³/mol. The molecule has 1 atom stereocenters. The van der Waals surface area contributed by atoms with Gasteiger partial charge in [0.2, 0.25) is 5.91 Å². The van der Waals surface area contributed by atoms with E-state index in [4.69, 9.17) is 5.73 Å². The number of carbonyl (C=O) groups is 2.